The third-order valence-electron chi connectivity index (χ3n) is 1.47. The molecule has 0 spiro atoms. The van der Waals surface area contributed by atoms with Crippen LogP contribution in [0.2, 0.25) is 0 Å². The highest BCUT2D eigenvalue weighted by atomic mass is 18.2. The van der Waals surface area contributed by atoms with Gasteiger partial charge in [-0.2, -0.15) is 0 Å². The Balaban J connectivity index is 2.53. The van der Waals surface area contributed by atoms with E-state index in [4.69, 9.17) is 5.41 Å². The molecule has 2 N–H and O–H groups in total. The molecule has 0 aliphatic rings. The second-order valence-electron chi connectivity index (χ2n) is 2.61. The first-order valence-electron chi connectivity index (χ1n) is 3.72. The van der Waals surface area contributed by atoms with Gasteiger partial charge in [-0.05, 0) is 24.6 Å². The van der Waals surface area contributed by atoms with Gasteiger partial charge < -0.3 is 5.32 Å². The second kappa shape index (κ2) is 3.85. The van der Waals surface area contributed by atoms with Crippen molar-refractivity contribution in [3.8, 4) is 0 Å². The second-order valence-corrected chi connectivity index (χ2v) is 2.61. The Labute approximate surface area is 70.9 Å². The minimum atomic E-state index is -0.231. The van der Waals surface area contributed by atoms with Crippen molar-refractivity contribution in [2.45, 2.75) is 13.5 Å². The van der Waals surface area contributed by atoms with E-state index in [1.54, 1.807) is 19.1 Å². The van der Waals surface area contributed by atoms with Crippen molar-refractivity contribution in [1.29, 1.82) is 5.41 Å². The molecule has 1 aromatic carbocycles. The molecule has 0 bridgehead atoms. The molecule has 0 atom stereocenters. The van der Waals surface area contributed by atoms with Crippen LogP contribution in [0.3, 0.4) is 0 Å². The van der Waals surface area contributed by atoms with Crippen molar-refractivity contribution in [2.24, 2.45) is 0 Å². The van der Waals surface area contributed by atoms with Gasteiger partial charge in [-0.3, -0.25) is 5.41 Å². The lowest BCUT2D eigenvalue weighted by Crippen LogP contribution is -2.18. The minimum absolute atomic E-state index is 0.231. The van der Waals surface area contributed by atoms with Crippen LogP contribution in [0.1, 0.15) is 12.5 Å². The summed E-state index contributed by atoms with van der Waals surface area (Å²) < 4.78 is 12.4. The maximum atomic E-state index is 12.4. The highest BCUT2D eigenvalue weighted by Gasteiger charge is 1.92. The van der Waals surface area contributed by atoms with Crippen LogP contribution in [0.5, 0.6) is 0 Å². The highest BCUT2D eigenvalue weighted by molar-refractivity contribution is 5.75. The number of nitrogens with one attached hydrogen (secondary N) is 2. The Morgan fingerprint density at radius 3 is 2.50 bits per heavy atom. The van der Waals surface area contributed by atoms with Crippen molar-refractivity contribution in [3.05, 3.63) is 35.6 Å². The van der Waals surface area contributed by atoms with Crippen LogP contribution in [0.25, 0.3) is 0 Å². The summed E-state index contributed by atoms with van der Waals surface area (Å²) >= 11 is 0. The first kappa shape index (κ1) is 8.71. The number of amidine groups is 1. The van der Waals surface area contributed by atoms with Crippen molar-refractivity contribution in [3.63, 3.8) is 0 Å². The summed E-state index contributed by atoms with van der Waals surface area (Å²) in [6, 6.07) is 6.23. The van der Waals surface area contributed by atoms with E-state index in [0.717, 1.165) is 5.56 Å². The molecule has 0 saturated heterocycles. The maximum Gasteiger partial charge on any atom is 0.123 e. The van der Waals surface area contributed by atoms with Crippen molar-refractivity contribution in [1.82, 2.24) is 5.32 Å². The molecule has 0 saturated carbocycles. The molecule has 3 heteroatoms. The molecule has 0 aromatic heterocycles. The predicted molar refractivity (Wildman–Crippen MR) is 46.6 cm³/mol. The van der Waals surface area contributed by atoms with E-state index in [1.165, 1.54) is 12.1 Å². The molecule has 0 amide bonds. The van der Waals surface area contributed by atoms with Gasteiger partial charge in [0.2, 0.25) is 0 Å². The molecule has 0 unspecified atom stereocenters. The number of hydrogen-bond acceptors (Lipinski definition) is 1. The number of hydrogen-bond donors (Lipinski definition) is 2. The third-order valence-corrected chi connectivity index (χ3v) is 1.47. The van der Waals surface area contributed by atoms with E-state index in [9.17, 15) is 4.39 Å². The van der Waals surface area contributed by atoms with E-state index in [-0.39, 0.29) is 5.82 Å². The first-order chi connectivity index (χ1) is 5.68. The fraction of sp³-hybridized carbons (Fsp3) is 0.222. The Morgan fingerprint density at radius 2 is 2.00 bits per heavy atom. The molecule has 12 heavy (non-hydrogen) atoms. The summed E-state index contributed by atoms with van der Waals surface area (Å²) in [5.41, 5.74) is 0.975. The van der Waals surface area contributed by atoms with Gasteiger partial charge in [0.15, 0.2) is 0 Å². The summed E-state index contributed by atoms with van der Waals surface area (Å²) in [5, 5.41) is 9.94. The Hall–Kier alpha value is -1.38. The minimum Gasteiger partial charge on any atom is -0.370 e. The Bertz CT molecular complexity index is 266. The van der Waals surface area contributed by atoms with Crippen LogP contribution >= 0.6 is 0 Å². The Kier molecular flexibility index (Phi) is 2.80. The highest BCUT2D eigenvalue weighted by Crippen LogP contribution is 2.01. The molecule has 0 aliphatic heterocycles. The third kappa shape index (κ3) is 2.70. The zero-order chi connectivity index (χ0) is 8.97. The van der Waals surface area contributed by atoms with Gasteiger partial charge >= 0.3 is 0 Å². The number of benzene rings is 1. The molecule has 0 aliphatic carbocycles. The van der Waals surface area contributed by atoms with Crippen LogP contribution in [-0.2, 0) is 6.54 Å². The van der Waals surface area contributed by atoms with E-state index in [1.807, 2.05) is 0 Å². The van der Waals surface area contributed by atoms with Crippen LogP contribution in [0, 0.1) is 11.2 Å². The zero-order valence-corrected chi connectivity index (χ0v) is 6.89. The normalized spacial score (nSPS) is 9.50. The number of halogens is 1. The van der Waals surface area contributed by atoms with E-state index in [0.29, 0.717) is 12.4 Å². The SMILES string of the molecule is CC(=N)NCc1ccc([18F])cc1. The van der Waals surface area contributed by atoms with Crippen LogP contribution in [-0.4, -0.2) is 5.84 Å². The first-order valence-corrected chi connectivity index (χ1v) is 3.72. The molecular weight excluding hydrogens is 154 g/mol. The monoisotopic (exact) mass is 165 g/mol. The predicted octanol–water partition coefficient (Wildman–Crippen LogP) is 1.91. The Morgan fingerprint density at radius 1 is 1.42 bits per heavy atom. The summed E-state index contributed by atoms with van der Waals surface area (Å²) in [7, 11) is 0. The van der Waals surface area contributed by atoms with Gasteiger partial charge in [-0.25, -0.2) is 4.39 Å². The summed E-state index contributed by atoms with van der Waals surface area (Å²) in [6.45, 7) is 2.25. The molecule has 1 aromatic rings. The number of rotatable bonds is 2. The van der Waals surface area contributed by atoms with Gasteiger partial charge in [0.25, 0.3) is 0 Å². The molecule has 0 heterocycles. The van der Waals surface area contributed by atoms with Gasteiger partial charge in [0.05, 0.1) is 5.84 Å². The molecular formula is C9H11FN2. The topological polar surface area (TPSA) is 35.9 Å². The van der Waals surface area contributed by atoms with E-state index < -0.39 is 0 Å². The van der Waals surface area contributed by atoms with Gasteiger partial charge in [0.1, 0.15) is 5.82 Å². The lowest BCUT2D eigenvalue weighted by Gasteiger charge is -2.02. The molecule has 0 radical (unpaired) electrons. The van der Waals surface area contributed by atoms with Crippen LogP contribution in [0.4, 0.5) is 4.39 Å². The molecule has 64 valence electrons. The quantitative estimate of drug-likeness (QED) is 0.509. The zero-order valence-electron chi connectivity index (χ0n) is 6.89. The molecule has 0 fully saturated rings. The largest absolute Gasteiger partial charge is 0.370 e. The summed E-state index contributed by atoms with van der Waals surface area (Å²) in [4.78, 5) is 0. The average molecular weight is 165 g/mol. The fourth-order valence-electron chi connectivity index (χ4n) is 0.837. The van der Waals surface area contributed by atoms with Gasteiger partial charge in [-0.1, -0.05) is 12.1 Å². The van der Waals surface area contributed by atoms with Crippen LogP contribution in [0.15, 0.2) is 24.3 Å². The molecule has 1 rings (SSSR count). The van der Waals surface area contributed by atoms with Crippen molar-refractivity contribution >= 4 is 5.84 Å². The van der Waals surface area contributed by atoms with Crippen molar-refractivity contribution in [2.75, 3.05) is 0 Å². The smallest absolute Gasteiger partial charge is 0.123 e. The van der Waals surface area contributed by atoms with Gasteiger partial charge in [-0.15, -0.1) is 0 Å². The van der Waals surface area contributed by atoms with Gasteiger partial charge in [0, 0.05) is 6.54 Å². The lowest BCUT2D eigenvalue weighted by molar-refractivity contribution is 0.626. The van der Waals surface area contributed by atoms with Crippen LogP contribution < -0.4 is 5.32 Å². The van der Waals surface area contributed by atoms with Crippen molar-refractivity contribution < 1.29 is 4.39 Å². The van der Waals surface area contributed by atoms with E-state index >= 15 is 0 Å². The summed E-state index contributed by atoms with van der Waals surface area (Å²) in [6.07, 6.45) is 0. The molecule has 2 nitrogen and oxygen atoms in total. The average Bonchev–Trinajstić information content (AvgIpc) is 2.03. The summed E-state index contributed by atoms with van der Waals surface area (Å²) in [5.74, 6) is 0.185. The fourth-order valence-corrected chi connectivity index (χ4v) is 0.837. The lowest BCUT2D eigenvalue weighted by atomic mass is 10.2. The van der Waals surface area contributed by atoms with E-state index in [2.05, 4.69) is 5.32 Å². The standard InChI is InChI=1S/C9H11FN2/c1-7(11)12-6-8-2-4-9(10)5-3-8/h2-5H,6H2,1H3,(H2,11,12)/i10-1. The maximum absolute atomic E-state index is 12.4.